The van der Waals surface area contributed by atoms with E-state index in [1.165, 1.54) is 17.0 Å². The Morgan fingerprint density at radius 1 is 1.16 bits per heavy atom. The maximum absolute atomic E-state index is 13.4. The number of benzene rings is 2. The van der Waals surface area contributed by atoms with Crippen molar-refractivity contribution in [3.8, 4) is 0 Å². The minimum Gasteiger partial charge on any atom is -0.451 e. The van der Waals surface area contributed by atoms with Crippen LogP contribution in [0.4, 0.5) is 4.39 Å². The molecule has 0 aliphatic carbocycles. The Hall–Kier alpha value is -3.00. The van der Waals surface area contributed by atoms with Gasteiger partial charge in [0.15, 0.2) is 21.0 Å². The van der Waals surface area contributed by atoms with Gasteiger partial charge in [-0.25, -0.2) is 12.8 Å². The molecule has 3 aromatic rings. The Morgan fingerprint density at radius 2 is 1.87 bits per heavy atom. The van der Waals surface area contributed by atoms with E-state index in [-0.39, 0.29) is 29.2 Å². The van der Waals surface area contributed by atoms with Crippen molar-refractivity contribution in [3.05, 3.63) is 81.0 Å². The summed E-state index contributed by atoms with van der Waals surface area (Å²) in [4.78, 5) is 27.5. The van der Waals surface area contributed by atoms with Crippen LogP contribution in [0.3, 0.4) is 0 Å². The molecule has 1 saturated heterocycles. The number of fused-ring (bicyclic) bond motifs is 1. The second-order valence-corrected chi connectivity index (χ2v) is 10.3. The predicted octanol–water partition coefficient (Wildman–Crippen LogP) is 3.38. The third-order valence-electron chi connectivity index (χ3n) is 5.56. The number of halogens is 1. The SMILES string of the molecule is Cc1cc(C)c2c(=O)cc(C(=O)N(Cc3ccc(F)cc3)[C@H]3CCS(=O)(=O)C3)oc2c1. The van der Waals surface area contributed by atoms with Gasteiger partial charge in [-0.15, -0.1) is 0 Å². The summed E-state index contributed by atoms with van der Waals surface area (Å²) < 4.78 is 43.2. The van der Waals surface area contributed by atoms with E-state index in [0.717, 1.165) is 17.2 Å². The summed E-state index contributed by atoms with van der Waals surface area (Å²) in [6.07, 6.45) is 0.297. The van der Waals surface area contributed by atoms with E-state index >= 15 is 0 Å². The molecule has 31 heavy (non-hydrogen) atoms. The van der Waals surface area contributed by atoms with Gasteiger partial charge in [-0.2, -0.15) is 0 Å². The number of amides is 1. The molecule has 1 aromatic heterocycles. The van der Waals surface area contributed by atoms with Crippen molar-refractivity contribution < 1.29 is 22.0 Å². The van der Waals surface area contributed by atoms with Crippen molar-refractivity contribution in [2.75, 3.05) is 11.5 Å². The van der Waals surface area contributed by atoms with Crippen LogP contribution in [-0.2, 0) is 16.4 Å². The van der Waals surface area contributed by atoms with Crippen LogP contribution in [0.5, 0.6) is 0 Å². The second kappa shape index (κ2) is 7.92. The number of aryl methyl sites for hydroxylation is 2. The molecule has 2 aromatic carbocycles. The Kier molecular flexibility index (Phi) is 5.43. The van der Waals surface area contributed by atoms with Crippen LogP contribution in [0.2, 0.25) is 0 Å². The van der Waals surface area contributed by atoms with Crippen molar-refractivity contribution in [3.63, 3.8) is 0 Å². The zero-order valence-corrected chi connectivity index (χ0v) is 18.0. The fourth-order valence-electron chi connectivity index (χ4n) is 4.09. The summed E-state index contributed by atoms with van der Waals surface area (Å²) in [6, 6.07) is 9.83. The lowest BCUT2D eigenvalue weighted by molar-refractivity contribution is 0.0648. The third-order valence-corrected chi connectivity index (χ3v) is 7.31. The topological polar surface area (TPSA) is 84.7 Å². The van der Waals surface area contributed by atoms with Crippen LogP contribution in [0.25, 0.3) is 11.0 Å². The largest absolute Gasteiger partial charge is 0.451 e. The van der Waals surface area contributed by atoms with E-state index < -0.39 is 27.6 Å². The van der Waals surface area contributed by atoms with E-state index in [2.05, 4.69) is 0 Å². The predicted molar refractivity (Wildman–Crippen MR) is 115 cm³/mol. The van der Waals surface area contributed by atoms with Gasteiger partial charge in [0.05, 0.1) is 16.9 Å². The van der Waals surface area contributed by atoms with Gasteiger partial charge in [-0.05, 0) is 55.2 Å². The first-order valence-electron chi connectivity index (χ1n) is 9.94. The first-order chi connectivity index (χ1) is 14.6. The maximum Gasteiger partial charge on any atom is 0.290 e. The van der Waals surface area contributed by atoms with E-state index in [1.807, 2.05) is 13.0 Å². The molecule has 162 valence electrons. The van der Waals surface area contributed by atoms with Gasteiger partial charge in [0.25, 0.3) is 5.91 Å². The van der Waals surface area contributed by atoms with Crippen LogP contribution in [0.15, 0.2) is 51.7 Å². The highest BCUT2D eigenvalue weighted by Crippen LogP contribution is 2.24. The standard InChI is InChI=1S/C23H22FNO5S/c1-14-9-15(2)22-19(26)11-21(30-20(22)10-14)23(27)25(18-7-8-31(28,29)13-18)12-16-3-5-17(24)6-4-16/h3-6,9-11,18H,7-8,12-13H2,1-2H3/t18-/m0/s1. The van der Waals surface area contributed by atoms with Gasteiger partial charge in [0.2, 0.25) is 0 Å². The quantitative estimate of drug-likeness (QED) is 0.617. The summed E-state index contributed by atoms with van der Waals surface area (Å²) in [5.41, 5.74) is 2.28. The third kappa shape index (κ3) is 4.39. The van der Waals surface area contributed by atoms with Gasteiger partial charge in [0.1, 0.15) is 11.4 Å². The molecular formula is C23H22FNO5S. The molecule has 4 rings (SSSR count). The zero-order chi connectivity index (χ0) is 22.3. The first kappa shape index (κ1) is 21.2. The summed E-state index contributed by atoms with van der Waals surface area (Å²) in [6.45, 7) is 3.75. The van der Waals surface area contributed by atoms with Crippen molar-refractivity contribution in [1.29, 1.82) is 0 Å². The lowest BCUT2D eigenvalue weighted by Crippen LogP contribution is -2.41. The molecule has 0 radical (unpaired) electrons. The molecule has 1 atom stereocenters. The minimum atomic E-state index is -3.26. The number of hydrogen-bond acceptors (Lipinski definition) is 5. The smallest absolute Gasteiger partial charge is 0.290 e. The summed E-state index contributed by atoms with van der Waals surface area (Å²) in [5, 5.41) is 0.413. The molecule has 0 saturated carbocycles. The van der Waals surface area contributed by atoms with Gasteiger partial charge >= 0.3 is 0 Å². The number of nitrogens with zero attached hydrogens (tertiary/aromatic N) is 1. The van der Waals surface area contributed by atoms with E-state index in [4.69, 9.17) is 4.42 Å². The monoisotopic (exact) mass is 443 g/mol. The summed E-state index contributed by atoms with van der Waals surface area (Å²) >= 11 is 0. The fraction of sp³-hybridized carbons (Fsp3) is 0.304. The Bertz CT molecular complexity index is 1330. The first-order valence-corrected chi connectivity index (χ1v) is 11.8. The molecule has 1 amide bonds. The van der Waals surface area contributed by atoms with Crippen LogP contribution >= 0.6 is 0 Å². The van der Waals surface area contributed by atoms with E-state index in [1.54, 1.807) is 25.1 Å². The summed E-state index contributed by atoms with van der Waals surface area (Å²) in [7, 11) is -3.26. The van der Waals surface area contributed by atoms with E-state index in [9.17, 15) is 22.4 Å². The van der Waals surface area contributed by atoms with Gasteiger partial charge in [0, 0.05) is 18.7 Å². The van der Waals surface area contributed by atoms with Gasteiger partial charge < -0.3 is 9.32 Å². The molecule has 8 heteroatoms. The minimum absolute atomic E-state index is 0.00901. The van der Waals surface area contributed by atoms with Crippen LogP contribution in [0.1, 0.15) is 33.7 Å². The van der Waals surface area contributed by atoms with Crippen molar-refractivity contribution in [2.24, 2.45) is 0 Å². The Balaban J connectivity index is 1.76. The molecule has 0 N–H and O–H groups in total. The van der Waals surface area contributed by atoms with Gasteiger partial charge in [-0.3, -0.25) is 9.59 Å². The fourth-order valence-corrected chi connectivity index (χ4v) is 5.82. The summed E-state index contributed by atoms with van der Waals surface area (Å²) in [5.74, 6) is -1.28. The lowest BCUT2D eigenvalue weighted by atomic mass is 10.1. The van der Waals surface area contributed by atoms with Crippen molar-refractivity contribution in [2.45, 2.75) is 32.9 Å². The normalized spacial score (nSPS) is 17.7. The zero-order valence-electron chi connectivity index (χ0n) is 17.2. The molecular weight excluding hydrogens is 421 g/mol. The highest BCUT2D eigenvalue weighted by atomic mass is 32.2. The molecule has 1 aliphatic rings. The highest BCUT2D eigenvalue weighted by Gasteiger charge is 2.36. The Morgan fingerprint density at radius 3 is 2.52 bits per heavy atom. The van der Waals surface area contributed by atoms with Crippen LogP contribution in [0, 0.1) is 19.7 Å². The number of rotatable bonds is 4. The van der Waals surface area contributed by atoms with Crippen LogP contribution in [-0.4, -0.2) is 36.8 Å². The van der Waals surface area contributed by atoms with Gasteiger partial charge in [-0.1, -0.05) is 18.2 Å². The maximum atomic E-state index is 13.4. The molecule has 1 fully saturated rings. The number of hydrogen-bond donors (Lipinski definition) is 0. The Labute approximate surface area is 179 Å². The molecule has 1 aliphatic heterocycles. The second-order valence-electron chi connectivity index (χ2n) is 8.05. The van der Waals surface area contributed by atoms with E-state index in [0.29, 0.717) is 23.0 Å². The van der Waals surface area contributed by atoms with Crippen LogP contribution < -0.4 is 5.43 Å². The average molecular weight is 443 g/mol. The molecule has 6 nitrogen and oxygen atoms in total. The average Bonchev–Trinajstić information content (AvgIpc) is 3.05. The highest BCUT2D eigenvalue weighted by molar-refractivity contribution is 7.91. The number of sulfone groups is 1. The number of carbonyl (C=O) groups excluding carboxylic acids is 1. The molecule has 0 spiro atoms. The lowest BCUT2D eigenvalue weighted by Gasteiger charge is -2.28. The molecule has 2 heterocycles. The van der Waals surface area contributed by atoms with Crippen molar-refractivity contribution in [1.82, 2.24) is 4.90 Å². The van der Waals surface area contributed by atoms with Crippen molar-refractivity contribution >= 4 is 26.7 Å². The number of carbonyl (C=O) groups is 1. The molecule has 0 bridgehead atoms. The molecule has 0 unspecified atom stereocenters.